The third-order valence-electron chi connectivity index (χ3n) is 2.60. The Balaban J connectivity index is 4.61. The second kappa shape index (κ2) is 9.79. The number of nitrogens with one attached hydrogen (secondary N) is 1. The van der Waals surface area contributed by atoms with Crippen molar-refractivity contribution < 1.29 is 29.0 Å². The molecule has 0 aromatic rings. The Morgan fingerprint density at radius 2 is 2.00 bits per heavy atom. The molecule has 0 heterocycles. The van der Waals surface area contributed by atoms with E-state index in [-0.39, 0.29) is 18.9 Å². The lowest BCUT2D eigenvalue weighted by Gasteiger charge is -2.21. The van der Waals surface area contributed by atoms with Gasteiger partial charge in [-0.2, -0.15) is 4.79 Å². The molecule has 0 aliphatic heterocycles. The predicted octanol–water partition coefficient (Wildman–Crippen LogP) is 0.409. The molecular weight excluding hydrogens is 278 g/mol. The Morgan fingerprint density at radius 3 is 2.43 bits per heavy atom. The predicted molar refractivity (Wildman–Crippen MR) is 73.8 cm³/mol. The molecule has 0 aliphatic rings. The molecule has 2 atom stereocenters. The number of rotatable bonds is 10. The van der Waals surface area contributed by atoms with E-state index in [0.717, 1.165) is 0 Å². The number of carbonyl (C=O) groups excluding carboxylic acids is 2. The molecule has 0 radical (unpaired) electrons. The van der Waals surface area contributed by atoms with Gasteiger partial charge in [0.1, 0.15) is 12.1 Å². The molecule has 8 heteroatoms. The number of amides is 1. The SMILES string of the molecule is CCC(OC(C)C)C(=O)NC(CCC(=O)C=[N+]=[N-])C(=O)O. The van der Waals surface area contributed by atoms with Crippen molar-refractivity contribution in [1.82, 2.24) is 5.32 Å². The van der Waals surface area contributed by atoms with E-state index >= 15 is 0 Å². The normalized spacial score (nSPS) is 13.1. The number of carbonyl (C=O) groups is 3. The van der Waals surface area contributed by atoms with Gasteiger partial charge in [0.15, 0.2) is 0 Å². The molecule has 0 aromatic heterocycles. The molecule has 0 aliphatic carbocycles. The lowest BCUT2D eigenvalue weighted by Crippen LogP contribution is -2.46. The molecule has 0 rings (SSSR count). The summed E-state index contributed by atoms with van der Waals surface area (Å²) in [5.74, 6) is -2.29. The fourth-order valence-corrected chi connectivity index (χ4v) is 1.61. The number of carboxylic acids is 1. The van der Waals surface area contributed by atoms with Gasteiger partial charge in [0.2, 0.25) is 11.7 Å². The fraction of sp³-hybridized carbons (Fsp3) is 0.692. The summed E-state index contributed by atoms with van der Waals surface area (Å²) in [5.41, 5.74) is 8.19. The van der Waals surface area contributed by atoms with Crippen molar-refractivity contribution in [2.45, 2.75) is 58.3 Å². The number of hydrogen-bond donors (Lipinski definition) is 2. The number of Topliss-reactive ketones (excluding diaryl/α,β-unsaturated/α-hetero) is 1. The maximum atomic E-state index is 11.9. The van der Waals surface area contributed by atoms with Crippen LogP contribution in [0.1, 0.15) is 40.0 Å². The van der Waals surface area contributed by atoms with E-state index in [1.54, 1.807) is 20.8 Å². The third-order valence-corrected chi connectivity index (χ3v) is 2.60. The van der Waals surface area contributed by atoms with Gasteiger partial charge in [-0.15, -0.1) is 0 Å². The van der Waals surface area contributed by atoms with E-state index in [4.69, 9.17) is 15.4 Å². The highest BCUT2D eigenvalue weighted by molar-refractivity contribution is 6.25. The van der Waals surface area contributed by atoms with Crippen molar-refractivity contribution in [2.75, 3.05) is 0 Å². The first kappa shape index (κ1) is 18.9. The van der Waals surface area contributed by atoms with Crippen LogP contribution in [0.3, 0.4) is 0 Å². The van der Waals surface area contributed by atoms with E-state index in [1.165, 1.54) is 0 Å². The van der Waals surface area contributed by atoms with Crippen molar-refractivity contribution in [3.05, 3.63) is 5.53 Å². The number of ether oxygens (including phenoxy) is 1. The summed E-state index contributed by atoms with van der Waals surface area (Å²) in [4.78, 5) is 36.7. The summed E-state index contributed by atoms with van der Waals surface area (Å²) in [6.07, 6.45) is -0.0373. The van der Waals surface area contributed by atoms with Gasteiger partial charge in [-0.25, -0.2) is 4.79 Å². The highest BCUT2D eigenvalue weighted by atomic mass is 16.5. The highest BCUT2D eigenvalue weighted by Crippen LogP contribution is 2.05. The molecular formula is C13H21N3O5. The first-order valence-electron chi connectivity index (χ1n) is 6.70. The topological polar surface area (TPSA) is 129 Å². The zero-order valence-corrected chi connectivity index (χ0v) is 12.4. The first-order valence-corrected chi connectivity index (χ1v) is 6.70. The Hall–Kier alpha value is -2.05. The average Bonchev–Trinajstić information content (AvgIpc) is 2.40. The van der Waals surface area contributed by atoms with Crippen molar-refractivity contribution in [2.24, 2.45) is 0 Å². The summed E-state index contributed by atoms with van der Waals surface area (Å²) in [6.45, 7) is 5.30. The van der Waals surface area contributed by atoms with Gasteiger partial charge in [-0.05, 0) is 26.7 Å². The highest BCUT2D eigenvalue weighted by Gasteiger charge is 2.26. The van der Waals surface area contributed by atoms with E-state index in [2.05, 4.69) is 10.1 Å². The molecule has 118 valence electrons. The van der Waals surface area contributed by atoms with Crippen LogP contribution >= 0.6 is 0 Å². The van der Waals surface area contributed by atoms with E-state index in [9.17, 15) is 14.4 Å². The summed E-state index contributed by atoms with van der Waals surface area (Å²) < 4.78 is 5.38. The number of nitrogens with zero attached hydrogens (tertiary/aromatic N) is 2. The molecule has 0 aromatic carbocycles. The van der Waals surface area contributed by atoms with E-state index in [0.29, 0.717) is 12.6 Å². The molecule has 1 amide bonds. The van der Waals surface area contributed by atoms with Crippen LogP contribution in [0, 0.1) is 0 Å². The minimum absolute atomic E-state index is 0.0932. The van der Waals surface area contributed by atoms with Crippen molar-refractivity contribution >= 4 is 23.9 Å². The molecule has 0 bridgehead atoms. The second-order valence-corrected chi connectivity index (χ2v) is 4.73. The Labute approximate surface area is 123 Å². The molecule has 0 saturated heterocycles. The summed E-state index contributed by atoms with van der Waals surface area (Å²) in [7, 11) is 0. The Bertz CT molecular complexity index is 430. The van der Waals surface area contributed by atoms with E-state index in [1.807, 2.05) is 0 Å². The molecule has 21 heavy (non-hydrogen) atoms. The maximum absolute atomic E-state index is 11.9. The second-order valence-electron chi connectivity index (χ2n) is 4.73. The molecule has 2 N–H and O–H groups in total. The van der Waals surface area contributed by atoms with Crippen LogP contribution in [0.15, 0.2) is 0 Å². The van der Waals surface area contributed by atoms with Crippen LogP contribution in [0.25, 0.3) is 5.53 Å². The van der Waals surface area contributed by atoms with Crippen LogP contribution in [0.4, 0.5) is 0 Å². The van der Waals surface area contributed by atoms with Crippen LogP contribution < -0.4 is 5.32 Å². The van der Waals surface area contributed by atoms with Gasteiger partial charge in [-0.1, -0.05) is 6.92 Å². The summed E-state index contributed by atoms with van der Waals surface area (Å²) in [5, 5.41) is 11.4. The number of carboxylic acid groups (broad SMARTS) is 1. The third kappa shape index (κ3) is 7.96. The molecule has 0 fully saturated rings. The Morgan fingerprint density at radius 1 is 1.38 bits per heavy atom. The van der Waals surface area contributed by atoms with E-state index < -0.39 is 29.8 Å². The minimum Gasteiger partial charge on any atom is -0.480 e. The lowest BCUT2D eigenvalue weighted by molar-refractivity contribution is -0.145. The summed E-state index contributed by atoms with van der Waals surface area (Å²) in [6, 6.07) is -1.20. The molecule has 8 nitrogen and oxygen atoms in total. The van der Waals surface area contributed by atoms with Gasteiger partial charge in [-0.3, -0.25) is 9.59 Å². The fourth-order valence-electron chi connectivity index (χ4n) is 1.61. The minimum atomic E-state index is -1.24. The lowest BCUT2D eigenvalue weighted by atomic mass is 10.1. The van der Waals surface area contributed by atoms with Crippen molar-refractivity contribution in [1.29, 1.82) is 0 Å². The van der Waals surface area contributed by atoms with Crippen LogP contribution in [-0.2, 0) is 19.1 Å². The quantitative estimate of drug-likeness (QED) is 0.343. The largest absolute Gasteiger partial charge is 0.480 e. The molecule has 0 spiro atoms. The van der Waals surface area contributed by atoms with Crippen LogP contribution in [0.5, 0.6) is 0 Å². The first-order chi connectivity index (χ1) is 9.81. The van der Waals surface area contributed by atoms with Gasteiger partial charge in [0.25, 0.3) is 0 Å². The Kier molecular flexibility index (Phi) is 8.84. The maximum Gasteiger partial charge on any atom is 0.326 e. The van der Waals surface area contributed by atoms with Crippen molar-refractivity contribution in [3.63, 3.8) is 0 Å². The van der Waals surface area contributed by atoms with Gasteiger partial charge < -0.3 is 20.7 Å². The van der Waals surface area contributed by atoms with Gasteiger partial charge >= 0.3 is 12.2 Å². The van der Waals surface area contributed by atoms with Crippen molar-refractivity contribution in [3.8, 4) is 0 Å². The monoisotopic (exact) mass is 299 g/mol. The zero-order valence-electron chi connectivity index (χ0n) is 12.4. The smallest absolute Gasteiger partial charge is 0.326 e. The van der Waals surface area contributed by atoms with Crippen LogP contribution in [0.2, 0.25) is 0 Å². The zero-order chi connectivity index (χ0) is 16.4. The standard InChI is InChI=1S/C13H21N3O5/c1-4-11(21-8(2)3)12(18)16-10(13(19)20)6-5-9(17)7-15-14/h7-8,10-11H,4-6H2,1-3H3,(H,16,18)(H,19,20). The summed E-state index contributed by atoms with van der Waals surface area (Å²) >= 11 is 0. The van der Waals surface area contributed by atoms with Gasteiger partial charge in [0, 0.05) is 6.42 Å². The number of hydrogen-bond acceptors (Lipinski definition) is 4. The molecule has 2 unspecified atom stereocenters. The van der Waals surface area contributed by atoms with Gasteiger partial charge in [0.05, 0.1) is 6.10 Å². The average molecular weight is 299 g/mol. The number of ketones is 1. The number of aliphatic carboxylic acids is 1. The molecule has 0 saturated carbocycles. The van der Waals surface area contributed by atoms with Crippen LogP contribution in [-0.4, -0.2) is 52.0 Å².